The number of nitrogens with zero attached hydrogens (tertiary/aromatic N) is 3. The number of carbonyl (C=O) groups excluding carboxylic acids is 1. The van der Waals surface area contributed by atoms with Crippen LogP contribution in [0.25, 0.3) is 0 Å². The Morgan fingerprint density at radius 3 is 2.54 bits per heavy atom. The van der Waals surface area contributed by atoms with Crippen LogP contribution in [-0.4, -0.2) is 34.7 Å². The summed E-state index contributed by atoms with van der Waals surface area (Å²) in [5.41, 5.74) is 5.36. The summed E-state index contributed by atoms with van der Waals surface area (Å²) in [5, 5.41) is 7.59. The molecule has 0 bridgehead atoms. The maximum absolute atomic E-state index is 12.8. The fourth-order valence-electron chi connectivity index (χ4n) is 3.09. The van der Waals surface area contributed by atoms with Crippen molar-refractivity contribution in [1.29, 1.82) is 0 Å². The van der Waals surface area contributed by atoms with Crippen LogP contribution < -0.4 is 5.32 Å². The van der Waals surface area contributed by atoms with E-state index < -0.39 is 0 Å². The average molecular weight is 328 g/mol. The van der Waals surface area contributed by atoms with E-state index in [9.17, 15) is 4.79 Å². The van der Waals surface area contributed by atoms with Gasteiger partial charge in [-0.3, -0.25) is 14.4 Å². The third-order valence-electron chi connectivity index (χ3n) is 4.39. The highest BCUT2D eigenvalue weighted by Gasteiger charge is 2.23. The topological polar surface area (TPSA) is 50.2 Å². The Morgan fingerprint density at radius 2 is 2.00 bits per heavy atom. The van der Waals surface area contributed by atoms with Crippen LogP contribution in [0.3, 0.4) is 0 Å². The first-order valence-electron chi connectivity index (χ1n) is 8.38. The first kappa shape index (κ1) is 18.2. The third kappa shape index (κ3) is 3.85. The highest BCUT2D eigenvalue weighted by Crippen LogP contribution is 2.20. The van der Waals surface area contributed by atoms with E-state index in [1.807, 2.05) is 55.7 Å². The molecule has 0 aliphatic heterocycles. The summed E-state index contributed by atoms with van der Waals surface area (Å²) in [6.07, 6.45) is 0. The zero-order valence-corrected chi connectivity index (χ0v) is 15.6. The monoisotopic (exact) mass is 328 g/mol. The Labute approximate surface area is 144 Å². The van der Waals surface area contributed by atoms with Gasteiger partial charge in [-0.25, -0.2) is 0 Å². The molecular weight excluding hydrogens is 300 g/mol. The van der Waals surface area contributed by atoms with Crippen molar-refractivity contribution in [3.63, 3.8) is 0 Å². The molecule has 1 N–H and O–H groups in total. The number of amides is 1. The number of hydrogen-bond donors (Lipinski definition) is 1. The summed E-state index contributed by atoms with van der Waals surface area (Å²) < 4.78 is 1.97. The van der Waals surface area contributed by atoms with Crippen molar-refractivity contribution < 1.29 is 4.79 Å². The van der Waals surface area contributed by atoms with Gasteiger partial charge in [-0.1, -0.05) is 29.8 Å². The van der Waals surface area contributed by atoms with Crippen molar-refractivity contribution in [2.24, 2.45) is 0 Å². The minimum Gasteiger partial charge on any atom is -0.350 e. The van der Waals surface area contributed by atoms with E-state index in [0.717, 1.165) is 34.6 Å². The third-order valence-corrected chi connectivity index (χ3v) is 4.39. The van der Waals surface area contributed by atoms with Crippen LogP contribution in [0.15, 0.2) is 24.3 Å². The van der Waals surface area contributed by atoms with E-state index >= 15 is 0 Å². The summed E-state index contributed by atoms with van der Waals surface area (Å²) >= 11 is 0. The summed E-state index contributed by atoms with van der Waals surface area (Å²) in [6.45, 7) is 9.50. The largest absolute Gasteiger partial charge is 0.350 e. The number of aryl methyl sites for hydroxylation is 3. The molecule has 5 heteroatoms. The Balaban J connectivity index is 2.16. The smallest absolute Gasteiger partial charge is 0.242 e. The van der Waals surface area contributed by atoms with Crippen LogP contribution in [0.5, 0.6) is 0 Å². The lowest BCUT2D eigenvalue weighted by atomic mass is 10.0. The van der Waals surface area contributed by atoms with E-state index in [1.54, 1.807) is 0 Å². The minimum atomic E-state index is -0.299. The van der Waals surface area contributed by atoms with Gasteiger partial charge < -0.3 is 5.32 Å². The lowest BCUT2D eigenvalue weighted by Crippen LogP contribution is -2.36. The van der Waals surface area contributed by atoms with Crippen LogP contribution in [0.2, 0.25) is 0 Å². The quantitative estimate of drug-likeness (QED) is 0.887. The summed E-state index contributed by atoms with van der Waals surface area (Å²) in [5.74, 6) is 0.00801. The van der Waals surface area contributed by atoms with Crippen LogP contribution in [-0.2, 0) is 17.9 Å². The molecule has 0 spiro atoms. The van der Waals surface area contributed by atoms with Crippen LogP contribution in [0.4, 0.5) is 0 Å². The molecule has 0 aliphatic rings. The van der Waals surface area contributed by atoms with E-state index in [4.69, 9.17) is 0 Å². The second-order valence-electron chi connectivity index (χ2n) is 6.46. The van der Waals surface area contributed by atoms with Crippen LogP contribution in [0, 0.1) is 20.8 Å². The van der Waals surface area contributed by atoms with Crippen LogP contribution in [0.1, 0.15) is 41.0 Å². The first-order chi connectivity index (χ1) is 11.3. The molecule has 2 aromatic rings. The van der Waals surface area contributed by atoms with Gasteiger partial charge in [-0.15, -0.1) is 0 Å². The Morgan fingerprint density at radius 1 is 1.29 bits per heavy atom. The Kier molecular flexibility index (Phi) is 5.78. The maximum atomic E-state index is 12.8. The van der Waals surface area contributed by atoms with Crippen molar-refractivity contribution in [3.8, 4) is 0 Å². The van der Waals surface area contributed by atoms with Crippen molar-refractivity contribution >= 4 is 5.91 Å². The summed E-state index contributed by atoms with van der Waals surface area (Å²) in [6, 6.07) is 7.80. The van der Waals surface area contributed by atoms with Crippen molar-refractivity contribution in [2.75, 3.05) is 14.1 Å². The van der Waals surface area contributed by atoms with Crippen molar-refractivity contribution in [3.05, 3.63) is 52.3 Å². The molecule has 0 radical (unpaired) electrons. The van der Waals surface area contributed by atoms with Gasteiger partial charge in [0.05, 0.1) is 5.69 Å². The average Bonchev–Trinajstić information content (AvgIpc) is 2.79. The van der Waals surface area contributed by atoms with E-state index in [2.05, 4.69) is 30.3 Å². The summed E-state index contributed by atoms with van der Waals surface area (Å²) in [7, 11) is 3.86. The molecule has 0 aliphatic carbocycles. The van der Waals surface area contributed by atoms with Crippen LogP contribution >= 0.6 is 0 Å². The Hall–Kier alpha value is -2.14. The number of nitrogens with one attached hydrogen (secondary N) is 1. The molecule has 0 unspecified atom stereocenters. The van der Waals surface area contributed by atoms with Gasteiger partial charge in [-0.2, -0.15) is 5.10 Å². The molecule has 5 nitrogen and oxygen atoms in total. The first-order valence-corrected chi connectivity index (χ1v) is 8.38. The molecule has 130 valence electrons. The fraction of sp³-hybridized carbons (Fsp3) is 0.474. The van der Waals surface area contributed by atoms with Crippen molar-refractivity contribution in [2.45, 2.75) is 46.8 Å². The Bertz CT molecular complexity index is 718. The predicted octanol–water partition coefficient (Wildman–Crippen LogP) is 2.75. The molecule has 1 aromatic carbocycles. The molecule has 2 rings (SSSR count). The molecular formula is C19H28N4O. The maximum Gasteiger partial charge on any atom is 0.242 e. The van der Waals surface area contributed by atoms with Crippen molar-refractivity contribution in [1.82, 2.24) is 20.0 Å². The number of likely N-dealkylation sites (N-methyl/N-ethyl adjacent to an activating group) is 1. The number of hydrogen-bond acceptors (Lipinski definition) is 3. The number of rotatable bonds is 6. The molecule has 0 saturated carbocycles. The second-order valence-corrected chi connectivity index (χ2v) is 6.46. The molecule has 0 saturated heterocycles. The molecule has 1 aromatic heterocycles. The minimum absolute atomic E-state index is 0.00801. The number of carbonyl (C=O) groups is 1. The van der Waals surface area contributed by atoms with Gasteiger partial charge in [0, 0.05) is 24.3 Å². The number of aromatic nitrogens is 2. The zero-order chi connectivity index (χ0) is 17.9. The lowest BCUT2D eigenvalue weighted by Gasteiger charge is -2.24. The summed E-state index contributed by atoms with van der Waals surface area (Å²) in [4.78, 5) is 14.7. The second kappa shape index (κ2) is 7.62. The highest BCUT2D eigenvalue weighted by molar-refractivity contribution is 5.83. The SMILES string of the molecule is CCn1nc(C)c(CNC(=O)[C@H](c2cccc(C)c2)N(C)C)c1C. The van der Waals surface area contributed by atoms with Gasteiger partial charge in [0.2, 0.25) is 5.91 Å². The van der Waals surface area contributed by atoms with Gasteiger partial charge >= 0.3 is 0 Å². The van der Waals surface area contributed by atoms with E-state index in [-0.39, 0.29) is 11.9 Å². The normalized spacial score (nSPS) is 12.5. The van der Waals surface area contributed by atoms with E-state index in [0.29, 0.717) is 6.54 Å². The molecule has 1 atom stereocenters. The standard InChI is InChI=1S/C19H28N4O/c1-7-23-15(4)17(14(3)21-23)12-20-19(24)18(22(5)6)16-10-8-9-13(2)11-16/h8-11,18H,7,12H2,1-6H3,(H,20,24)/t18-/m0/s1. The molecule has 0 fully saturated rings. The lowest BCUT2D eigenvalue weighted by molar-refractivity contribution is -0.125. The molecule has 1 heterocycles. The van der Waals surface area contributed by atoms with Gasteiger partial charge in [0.15, 0.2) is 0 Å². The molecule has 1 amide bonds. The predicted molar refractivity (Wildman–Crippen MR) is 96.8 cm³/mol. The fourth-order valence-corrected chi connectivity index (χ4v) is 3.09. The number of benzene rings is 1. The van der Waals surface area contributed by atoms with Gasteiger partial charge in [-0.05, 0) is 47.4 Å². The zero-order valence-electron chi connectivity index (χ0n) is 15.6. The molecule has 24 heavy (non-hydrogen) atoms. The van der Waals surface area contributed by atoms with E-state index in [1.165, 1.54) is 0 Å². The highest BCUT2D eigenvalue weighted by atomic mass is 16.2. The van der Waals surface area contributed by atoms with Gasteiger partial charge in [0.1, 0.15) is 6.04 Å². The van der Waals surface area contributed by atoms with Gasteiger partial charge in [0.25, 0.3) is 0 Å².